The van der Waals surface area contributed by atoms with Crippen molar-refractivity contribution >= 4 is 23.6 Å². The lowest BCUT2D eigenvalue weighted by atomic mass is 10.1. The van der Waals surface area contributed by atoms with Gasteiger partial charge in [0.1, 0.15) is 13.2 Å². The van der Waals surface area contributed by atoms with Crippen molar-refractivity contribution in [2.24, 2.45) is 0 Å². The maximum Gasteiger partial charge on any atom is 0.325 e. The fourth-order valence-electron chi connectivity index (χ4n) is 2.83. The number of amides is 3. The second-order valence-electron chi connectivity index (χ2n) is 6.64. The summed E-state index contributed by atoms with van der Waals surface area (Å²) in [7, 11) is 0. The maximum absolute atomic E-state index is 12.0. The lowest BCUT2D eigenvalue weighted by molar-refractivity contribution is -0.147. The SMILES string of the molecule is Cc1ccc(NC(=O)NC(=O)COC(=O)Cc2ccc3c(c2)OCCO3)c(C)c1. The molecule has 0 radical (unpaired) electrons. The molecule has 2 N–H and O–H groups in total. The van der Waals surface area contributed by atoms with Crippen LogP contribution in [0.15, 0.2) is 36.4 Å². The van der Waals surface area contributed by atoms with E-state index in [0.29, 0.717) is 36.0 Å². The van der Waals surface area contributed by atoms with Gasteiger partial charge in [0, 0.05) is 5.69 Å². The molecule has 0 atom stereocenters. The largest absolute Gasteiger partial charge is 0.486 e. The number of ether oxygens (including phenoxy) is 3. The first-order chi connectivity index (χ1) is 13.9. The van der Waals surface area contributed by atoms with E-state index < -0.39 is 24.5 Å². The van der Waals surface area contributed by atoms with Gasteiger partial charge in [0.15, 0.2) is 18.1 Å². The molecule has 2 aromatic rings. The first-order valence-electron chi connectivity index (χ1n) is 9.13. The molecule has 8 heteroatoms. The van der Waals surface area contributed by atoms with E-state index in [-0.39, 0.29) is 6.42 Å². The summed E-state index contributed by atoms with van der Waals surface area (Å²) in [5.74, 6) is -0.112. The second kappa shape index (κ2) is 9.09. The number of carbonyl (C=O) groups is 3. The molecule has 1 heterocycles. The van der Waals surface area contributed by atoms with Gasteiger partial charge in [-0.05, 0) is 43.2 Å². The van der Waals surface area contributed by atoms with Crippen molar-refractivity contribution in [1.29, 1.82) is 0 Å². The predicted octanol–water partition coefficient (Wildman–Crippen LogP) is 2.51. The van der Waals surface area contributed by atoms with Crippen LogP contribution in [0.5, 0.6) is 11.5 Å². The first kappa shape index (κ1) is 20.2. The van der Waals surface area contributed by atoms with Gasteiger partial charge in [-0.2, -0.15) is 0 Å². The summed E-state index contributed by atoms with van der Waals surface area (Å²) in [6, 6.07) is 9.98. The molecule has 8 nitrogen and oxygen atoms in total. The summed E-state index contributed by atoms with van der Waals surface area (Å²) in [4.78, 5) is 35.7. The average Bonchev–Trinajstić information content (AvgIpc) is 2.68. The van der Waals surface area contributed by atoms with Gasteiger partial charge in [0.25, 0.3) is 5.91 Å². The molecule has 152 valence electrons. The van der Waals surface area contributed by atoms with Crippen molar-refractivity contribution in [2.75, 3.05) is 25.1 Å². The predicted molar refractivity (Wildman–Crippen MR) is 105 cm³/mol. The standard InChI is InChI=1S/C21H22N2O6/c1-13-3-5-16(14(2)9-13)22-21(26)23-19(24)12-29-20(25)11-15-4-6-17-18(10-15)28-8-7-27-17/h3-6,9-10H,7-8,11-12H2,1-2H3,(H2,22,23,24,26). The first-order valence-corrected chi connectivity index (χ1v) is 9.13. The molecule has 3 rings (SSSR count). The number of anilines is 1. The number of rotatable bonds is 5. The Morgan fingerprint density at radius 2 is 1.76 bits per heavy atom. The van der Waals surface area contributed by atoms with Gasteiger partial charge >= 0.3 is 12.0 Å². The summed E-state index contributed by atoms with van der Waals surface area (Å²) >= 11 is 0. The van der Waals surface area contributed by atoms with Crippen LogP contribution in [-0.2, 0) is 20.7 Å². The minimum Gasteiger partial charge on any atom is -0.486 e. The molecular formula is C21H22N2O6. The quantitative estimate of drug-likeness (QED) is 0.751. The van der Waals surface area contributed by atoms with Crippen LogP contribution < -0.4 is 20.1 Å². The molecule has 0 unspecified atom stereocenters. The van der Waals surface area contributed by atoms with Crippen molar-refractivity contribution in [3.8, 4) is 11.5 Å². The molecule has 29 heavy (non-hydrogen) atoms. The average molecular weight is 398 g/mol. The smallest absolute Gasteiger partial charge is 0.325 e. The number of benzene rings is 2. The lowest BCUT2D eigenvalue weighted by Gasteiger charge is -2.18. The molecule has 0 saturated heterocycles. The van der Waals surface area contributed by atoms with Crippen molar-refractivity contribution < 1.29 is 28.6 Å². The second-order valence-corrected chi connectivity index (χ2v) is 6.64. The highest BCUT2D eigenvalue weighted by molar-refractivity contribution is 6.02. The van der Waals surface area contributed by atoms with Crippen molar-refractivity contribution in [3.05, 3.63) is 53.1 Å². The van der Waals surface area contributed by atoms with Crippen LogP contribution in [-0.4, -0.2) is 37.7 Å². The number of hydrogen-bond acceptors (Lipinski definition) is 6. The third-order valence-corrected chi connectivity index (χ3v) is 4.20. The van der Waals surface area contributed by atoms with E-state index >= 15 is 0 Å². The summed E-state index contributed by atoms with van der Waals surface area (Å²) in [6.07, 6.45) is -0.0291. The minimum atomic E-state index is -0.720. The number of urea groups is 1. The Morgan fingerprint density at radius 3 is 2.52 bits per heavy atom. The highest BCUT2D eigenvalue weighted by Gasteiger charge is 2.15. The fraction of sp³-hybridized carbons (Fsp3) is 0.286. The Morgan fingerprint density at radius 1 is 1.00 bits per heavy atom. The van der Waals surface area contributed by atoms with Gasteiger partial charge < -0.3 is 19.5 Å². The van der Waals surface area contributed by atoms with Gasteiger partial charge in [-0.1, -0.05) is 23.8 Å². The number of carbonyl (C=O) groups excluding carboxylic acids is 3. The lowest BCUT2D eigenvalue weighted by Crippen LogP contribution is -2.37. The van der Waals surface area contributed by atoms with Crippen LogP contribution >= 0.6 is 0 Å². The molecule has 1 aliphatic rings. The third kappa shape index (κ3) is 5.71. The highest BCUT2D eigenvalue weighted by atomic mass is 16.6. The van der Waals surface area contributed by atoms with Gasteiger partial charge in [-0.3, -0.25) is 14.9 Å². The fourth-order valence-corrected chi connectivity index (χ4v) is 2.83. The van der Waals surface area contributed by atoms with E-state index in [0.717, 1.165) is 11.1 Å². The Kier molecular flexibility index (Phi) is 6.33. The van der Waals surface area contributed by atoms with Gasteiger partial charge in [0.05, 0.1) is 6.42 Å². The van der Waals surface area contributed by atoms with E-state index in [4.69, 9.17) is 14.2 Å². The van der Waals surface area contributed by atoms with Crippen molar-refractivity contribution in [3.63, 3.8) is 0 Å². The summed E-state index contributed by atoms with van der Waals surface area (Å²) in [6.45, 7) is 4.18. The topological polar surface area (TPSA) is 103 Å². The van der Waals surface area contributed by atoms with Crippen LogP contribution in [0, 0.1) is 13.8 Å². The van der Waals surface area contributed by atoms with E-state index in [1.807, 2.05) is 26.0 Å². The number of imide groups is 1. The Labute approximate surface area is 168 Å². The van der Waals surface area contributed by atoms with E-state index in [2.05, 4.69) is 10.6 Å². The number of aryl methyl sites for hydroxylation is 2. The molecule has 2 aromatic carbocycles. The van der Waals surface area contributed by atoms with Crippen molar-refractivity contribution in [1.82, 2.24) is 5.32 Å². The van der Waals surface area contributed by atoms with Crippen molar-refractivity contribution in [2.45, 2.75) is 20.3 Å². The van der Waals surface area contributed by atoms with Gasteiger partial charge in [-0.15, -0.1) is 0 Å². The molecule has 0 spiro atoms. The Bertz CT molecular complexity index is 941. The Hall–Kier alpha value is -3.55. The molecule has 0 bridgehead atoms. The molecule has 0 aromatic heterocycles. The third-order valence-electron chi connectivity index (χ3n) is 4.20. The molecular weight excluding hydrogens is 376 g/mol. The van der Waals surface area contributed by atoms with E-state index in [9.17, 15) is 14.4 Å². The minimum absolute atomic E-state index is 0.0291. The molecule has 0 saturated carbocycles. The van der Waals surface area contributed by atoms with Gasteiger partial charge in [-0.25, -0.2) is 4.79 Å². The summed E-state index contributed by atoms with van der Waals surface area (Å²) in [5, 5.41) is 4.72. The van der Waals surface area contributed by atoms with E-state index in [1.165, 1.54) is 0 Å². The molecule has 1 aliphatic heterocycles. The van der Waals surface area contributed by atoms with Gasteiger partial charge in [0.2, 0.25) is 0 Å². The molecule has 3 amide bonds. The van der Waals surface area contributed by atoms with E-state index in [1.54, 1.807) is 24.3 Å². The summed E-state index contributed by atoms with van der Waals surface area (Å²) in [5.41, 5.74) is 3.21. The zero-order valence-electron chi connectivity index (χ0n) is 16.2. The monoisotopic (exact) mass is 398 g/mol. The number of esters is 1. The van der Waals surface area contributed by atoms with Crippen LogP contribution in [0.25, 0.3) is 0 Å². The number of hydrogen-bond donors (Lipinski definition) is 2. The number of nitrogens with one attached hydrogen (secondary N) is 2. The van der Waals surface area contributed by atoms with Crippen LogP contribution in [0.1, 0.15) is 16.7 Å². The molecule has 0 aliphatic carbocycles. The molecule has 0 fully saturated rings. The van der Waals surface area contributed by atoms with Crippen LogP contribution in [0.3, 0.4) is 0 Å². The number of fused-ring (bicyclic) bond motifs is 1. The van der Waals surface area contributed by atoms with Crippen LogP contribution in [0.2, 0.25) is 0 Å². The highest BCUT2D eigenvalue weighted by Crippen LogP contribution is 2.30. The zero-order chi connectivity index (χ0) is 20.8. The summed E-state index contributed by atoms with van der Waals surface area (Å²) < 4.78 is 15.8. The normalized spacial score (nSPS) is 12.1. The Balaban J connectivity index is 1.44. The maximum atomic E-state index is 12.0. The van der Waals surface area contributed by atoms with Crippen LogP contribution in [0.4, 0.5) is 10.5 Å². The zero-order valence-corrected chi connectivity index (χ0v) is 16.2.